The molecule has 0 aliphatic heterocycles. The Hall–Kier alpha value is -4.29. The molecule has 0 fully saturated rings. The van der Waals surface area contributed by atoms with Crippen molar-refractivity contribution >= 4 is 17.6 Å². The van der Waals surface area contributed by atoms with Crippen LogP contribution in [-0.4, -0.2) is 49.9 Å². The highest BCUT2D eigenvalue weighted by Crippen LogP contribution is 2.25. The summed E-state index contributed by atoms with van der Waals surface area (Å²) >= 11 is 0. The molecule has 10 nitrogen and oxygen atoms in total. The number of nitrogens with zero attached hydrogens (tertiary/aromatic N) is 7. The number of rotatable bonds is 6. The molecule has 13 heteroatoms. The summed E-state index contributed by atoms with van der Waals surface area (Å²) in [5.74, 6) is 0.258. The largest absolute Gasteiger partial charge is 0.468 e. The first-order valence-electron chi connectivity index (χ1n) is 9.50. The molecule has 0 saturated carbocycles. The molecule has 0 aliphatic carbocycles. The first-order valence-corrected chi connectivity index (χ1v) is 9.50. The first kappa shape index (κ1) is 21.9. The van der Waals surface area contributed by atoms with E-state index >= 15 is 0 Å². The minimum Gasteiger partial charge on any atom is -0.468 e. The predicted octanol–water partition coefficient (Wildman–Crippen LogP) is 3.58. The second-order valence-electron chi connectivity index (χ2n) is 6.93. The third-order valence-electron chi connectivity index (χ3n) is 4.32. The molecule has 0 aliphatic rings. The van der Waals surface area contributed by atoms with Crippen molar-refractivity contribution in [3.8, 4) is 29.0 Å². The van der Waals surface area contributed by atoms with Gasteiger partial charge in [-0.25, -0.2) is 4.98 Å². The Kier molecular flexibility index (Phi) is 5.77. The van der Waals surface area contributed by atoms with Gasteiger partial charge >= 0.3 is 6.18 Å². The van der Waals surface area contributed by atoms with Gasteiger partial charge in [0.25, 0.3) is 5.89 Å². The zero-order valence-electron chi connectivity index (χ0n) is 17.4. The van der Waals surface area contributed by atoms with Crippen LogP contribution in [0, 0.1) is 6.92 Å². The number of aryl methyl sites for hydroxylation is 1. The number of nitrogen functional groups attached to an aromatic ring is 1. The van der Waals surface area contributed by atoms with Crippen molar-refractivity contribution in [2.24, 2.45) is 0 Å². The predicted molar refractivity (Wildman–Crippen MR) is 112 cm³/mol. The quantitative estimate of drug-likeness (QED) is 0.458. The zero-order chi connectivity index (χ0) is 23.6. The van der Waals surface area contributed by atoms with E-state index in [1.54, 1.807) is 11.9 Å². The van der Waals surface area contributed by atoms with Crippen molar-refractivity contribution in [1.29, 1.82) is 0 Å². The van der Waals surface area contributed by atoms with Crippen LogP contribution < -0.4 is 15.4 Å². The summed E-state index contributed by atoms with van der Waals surface area (Å²) in [7, 11) is 1.78. The lowest BCUT2D eigenvalue weighted by Crippen LogP contribution is -2.19. The molecule has 2 N–H and O–H groups in total. The van der Waals surface area contributed by atoms with E-state index in [2.05, 4.69) is 34.8 Å². The van der Waals surface area contributed by atoms with Gasteiger partial charge in [0.15, 0.2) is 6.61 Å². The number of hydrogen-bond donors (Lipinski definition) is 1. The number of benzene rings is 1. The second kappa shape index (κ2) is 8.68. The van der Waals surface area contributed by atoms with Gasteiger partial charge in [0.1, 0.15) is 0 Å². The van der Waals surface area contributed by atoms with E-state index in [0.717, 1.165) is 11.3 Å². The molecule has 1 aromatic carbocycles. The molecule has 3 heterocycles. The molecule has 0 atom stereocenters. The van der Waals surface area contributed by atoms with Crippen molar-refractivity contribution in [1.82, 2.24) is 30.1 Å². The minimum absolute atomic E-state index is 0.0336. The highest BCUT2D eigenvalue weighted by molar-refractivity contribution is 5.61. The van der Waals surface area contributed by atoms with Crippen LogP contribution in [0.25, 0.3) is 23.1 Å². The van der Waals surface area contributed by atoms with Crippen molar-refractivity contribution < 1.29 is 22.4 Å². The van der Waals surface area contributed by atoms with Crippen LogP contribution in [0.1, 0.15) is 5.56 Å². The zero-order valence-corrected chi connectivity index (χ0v) is 17.4. The summed E-state index contributed by atoms with van der Waals surface area (Å²) in [4.78, 5) is 22.4. The number of halogens is 3. The van der Waals surface area contributed by atoms with Gasteiger partial charge in [-0.2, -0.15) is 33.1 Å². The molecule has 4 rings (SSSR count). The van der Waals surface area contributed by atoms with E-state index in [1.807, 2.05) is 31.2 Å². The molecular formula is C20H17F3N8O2. The fraction of sp³-hybridized carbons (Fsp3) is 0.200. The maximum absolute atomic E-state index is 12.3. The van der Waals surface area contributed by atoms with E-state index in [0.29, 0.717) is 5.56 Å². The Morgan fingerprint density at radius 3 is 2.58 bits per heavy atom. The van der Waals surface area contributed by atoms with Crippen LogP contribution in [0.4, 0.5) is 30.8 Å². The third-order valence-corrected chi connectivity index (χ3v) is 4.32. The molecule has 0 saturated heterocycles. The average Bonchev–Trinajstić information content (AvgIpc) is 3.27. The summed E-state index contributed by atoms with van der Waals surface area (Å²) < 4.78 is 46.6. The van der Waals surface area contributed by atoms with Crippen LogP contribution in [0.3, 0.4) is 0 Å². The molecule has 0 spiro atoms. The van der Waals surface area contributed by atoms with Crippen LogP contribution in [0.2, 0.25) is 0 Å². The van der Waals surface area contributed by atoms with Gasteiger partial charge in [-0.1, -0.05) is 17.3 Å². The summed E-state index contributed by atoms with van der Waals surface area (Å²) in [5.41, 5.74) is 8.13. The second-order valence-corrected chi connectivity index (χ2v) is 6.93. The fourth-order valence-electron chi connectivity index (χ4n) is 2.76. The Bertz CT molecular complexity index is 1260. The molecule has 170 valence electrons. The number of hydrogen-bond acceptors (Lipinski definition) is 10. The van der Waals surface area contributed by atoms with Gasteiger partial charge in [0.05, 0.1) is 5.56 Å². The smallest absolute Gasteiger partial charge is 0.422 e. The average molecular weight is 458 g/mol. The molecule has 0 radical (unpaired) electrons. The first-order chi connectivity index (χ1) is 15.7. The SMILES string of the molecule is Cc1cccc(N(C)c2nc(N)nc(-c3noc(-c4ccc(OCC(F)(F)F)nc4)n3)n2)c1. The van der Waals surface area contributed by atoms with Gasteiger partial charge in [-0.05, 0) is 30.7 Å². The molecule has 0 bridgehead atoms. The molecule has 4 aromatic rings. The number of nitrogens with two attached hydrogens (primary N) is 1. The molecule has 0 amide bonds. The number of anilines is 3. The summed E-state index contributed by atoms with van der Waals surface area (Å²) in [6.07, 6.45) is -3.21. The van der Waals surface area contributed by atoms with E-state index in [1.165, 1.54) is 18.3 Å². The van der Waals surface area contributed by atoms with Crippen molar-refractivity contribution in [2.45, 2.75) is 13.1 Å². The Balaban J connectivity index is 1.56. The third kappa shape index (κ3) is 5.31. The van der Waals surface area contributed by atoms with E-state index in [-0.39, 0.29) is 35.3 Å². The van der Waals surface area contributed by atoms with Crippen molar-refractivity contribution in [2.75, 3.05) is 24.3 Å². The van der Waals surface area contributed by atoms with E-state index < -0.39 is 12.8 Å². The summed E-state index contributed by atoms with van der Waals surface area (Å²) in [5, 5.41) is 3.86. The maximum Gasteiger partial charge on any atom is 0.422 e. The lowest BCUT2D eigenvalue weighted by molar-refractivity contribution is -0.154. The highest BCUT2D eigenvalue weighted by Gasteiger charge is 2.28. The van der Waals surface area contributed by atoms with E-state index in [9.17, 15) is 13.2 Å². The minimum atomic E-state index is -4.46. The van der Waals surface area contributed by atoms with Gasteiger partial charge in [0.2, 0.25) is 29.4 Å². The Morgan fingerprint density at radius 2 is 1.88 bits per heavy atom. The Morgan fingerprint density at radius 1 is 1.06 bits per heavy atom. The van der Waals surface area contributed by atoms with Crippen LogP contribution in [0.5, 0.6) is 5.88 Å². The topological polar surface area (TPSA) is 129 Å². The van der Waals surface area contributed by atoms with Gasteiger partial charge in [0, 0.05) is 25.0 Å². The lowest BCUT2D eigenvalue weighted by atomic mass is 10.2. The van der Waals surface area contributed by atoms with E-state index in [4.69, 9.17) is 10.3 Å². The van der Waals surface area contributed by atoms with Crippen LogP contribution in [-0.2, 0) is 0 Å². The van der Waals surface area contributed by atoms with Gasteiger partial charge < -0.3 is 19.9 Å². The van der Waals surface area contributed by atoms with Crippen molar-refractivity contribution in [3.63, 3.8) is 0 Å². The van der Waals surface area contributed by atoms with Crippen LogP contribution >= 0.6 is 0 Å². The van der Waals surface area contributed by atoms with Gasteiger partial charge in [-0.3, -0.25) is 0 Å². The number of pyridine rings is 1. The number of aromatic nitrogens is 6. The molecule has 0 unspecified atom stereocenters. The van der Waals surface area contributed by atoms with Crippen LogP contribution in [0.15, 0.2) is 47.1 Å². The molecule has 33 heavy (non-hydrogen) atoms. The fourth-order valence-corrected chi connectivity index (χ4v) is 2.76. The van der Waals surface area contributed by atoms with Gasteiger partial charge in [-0.15, -0.1) is 0 Å². The summed E-state index contributed by atoms with van der Waals surface area (Å²) in [6, 6.07) is 10.4. The molecule has 3 aromatic heterocycles. The summed E-state index contributed by atoms with van der Waals surface area (Å²) in [6.45, 7) is 0.527. The maximum atomic E-state index is 12.3. The Labute approximate surface area is 185 Å². The monoisotopic (exact) mass is 458 g/mol. The molecular weight excluding hydrogens is 441 g/mol. The number of alkyl halides is 3. The number of ether oxygens (including phenoxy) is 1. The lowest BCUT2D eigenvalue weighted by Gasteiger charge is -2.17. The standard InChI is InChI=1S/C20H17F3N8O2/c1-11-4-3-5-13(8-11)31(2)19-28-15(27-18(24)29-19)16-26-17(33-30-16)12-6-7-14(25-9-12)32-10-20(21,22)23/h3-9H,10H2,1-2H3,(H2,24,27,28,29). The van der Waals surface area contributed by atoms with Crippen molar-refractivity contribution in [3.05, 3.63) is 48.2 Å². The normalized spacial score (nSPS) is 11.4. The highest BCUT2D eigenvalue weighted by atomic mass is 19.4.